The molecule has 0 radical (unpaired) electrons. The standard InChI is InChI=1S/C19H26N2O5/c1-14(9-10-18(23)24)20-19(25)15-6-5-11-21(12-15)17(22)13-26-16-7-3-2-4-8-16/h2-4,7-8,14-15H,5-6,9-13H2,1H3,(H,20,25)(H,23,24). The van der Waals surface area contributed by atoms with Crippen molar-refractivity contribution in [3.8, 4) is 5.75 Å². The van der Waals surface area contributed by atoms with Crippen LogP contribution in [0.15, 0.2) is 30.3 Å². The zero-order valence-electron chi connectivity index (χ0n) is 15.0. The number of amides is 2. The molecule has 7 heteroatoms. The van der Waals surface area contributed by atoms with Gasteiger partial charge in [0.05, 0.1) is 5.92 Å². The van der Waals surface area contributed by atoms with Gasteiger partial charge in [0, 0.05) is 25.6 Å². The molecule has 26 heavy (non-hydrogen) atoms. The highest BCUT2D eigenvalue weighted by atomic mass is 16.5. The number of carboxylic acids is 1. The number of ether oxygens (including phenoxy) is 1. The summed E-state index contributed by atoms with van der Waals surface area (Å²) in [7, 11) is 0. The highest BCUT2D eigenvalue weighted by Crippen LogP contribution is 2.18. The van der Waals surface area contributed by atoms with Crippen LogP contribution in [0.2, 0.25) is 0 Å². The summed E-state index contributed by atoms with van der Waals surface area (Å²) < 4.78 is 5.49. The first-order valence-corrected chi connectivity index (χ1v) is 8.93. The highest BCUT2D eigenvalue weighted by molar-refractivity contribution is 5.82. The van der Waals surface area contributed by atoms with E-state index in [4.69, 9.17) is 9.84 Å². The fraction of sp³-hybridized carbons (Fsp3) is 0.526. The molecule has 1 aromatic carbocycles. The van der Waals surface area contributed by atoms with Gasteiger partial charge in [-0.1, -0.05) is 18.2 Å². The Bertz CT molecular complexity index is 620. The third-order valence-corrected chi connectivity index (χ3v) is 4.43. The van der Waals surface area contributed by atoms with Crippen LogP contribution < -0.4 is 10.1 Å². The van der Waals surface area contributed by atoms with E-state index < -0.39 is 5.97 Å². The Labute approximate surface area is 153 Å². The first kappa shape index (κ1) is 19.8. The van der Waals surface area contributed by atoms with Crippen LogP contribution in [0.4, 0.5) is 0 Å². The van der Waals surface area contributed by atoms with Crippen LogP contribution in [0.3, 0.4) is 0 Å². The van der Waals surface area contributed by atoms with E-state index in [-0.39, 0.29) is 36.8 Å². The second-order valence-electron chi connectivity index (χ2n) is 6.62. The number of para-hydroxylation sites is 1. The molecule has 2 rings (SSSR count). The van der Waals surface area contributed by atoms with E-state index in [2.05, 4.69) is 5.32 Å². The molecule has 1 aromatic rings. The Kier molecular flexibility index (Phi) is 7.44. The third-order valence-electron chi connectivity index (χ3n) is 4.43. The van der Waals surface area contributed by atoms with Gasteiger partial charge in [0.25, 0.3) is 5.91 Å². The fourth-order valence-electron chi connectivity index (χ4n) is 2.94. The van der Waals surface area contributed by atoms with Gasteiger partial charge in [-0.3, -0.25) is 14.4 Å². The molecule has 1 aliphatic heterocycles. The maximum Gasteiger partial charge on any atom is 0.303 e. The molecule has 0 saturated carbocycles. The molecule has 0 aromatic heterocycles. The minimum Gasteiger partial charge on any atom is -0.484 e. The summed E-state index contributed by atoms with van der Waals surface area (Å²) >= 11 is 0. The molecule has 2 amide bonds. The van der Waals surface area contributed by atoms with Gasteiger partial charge in [0.15, 0.2) is 6.61 Å². The van der Waals surface area contributed by atoms with Crippen molar-refractivity contribution in [1.82, 2.24) is 10.2 Å². The molecule has 1 saturated heterocycles. The number of hydrogen-bond acceptors (Lipinski definition) is 4. The Morgan fingerprint density at radius 3 is 2.73 bits per heavy atom. The van der Waals surface area contributed by atoms with E-state index in [9.17, 15) is 14.4 Å². The second kappa shape index (κ2) is 9.79. The van der Waals surface area contributed by atoms with Crippen LogP contribution in [0.25, 0.3) is 0 Å². The molecule has 0 spiro atoms. The summed E-state index contributed by atoms with van der Waals surface area (Å²) in [6.45, 7) is 2.73. The van der Waals surface area contributed by atoms with Gasteiger partial charge in [0.1, 0.15) is 5.75 Å². The van der Waals surface area contributed by atoms with E-state index in [1.54, 1.807) is 24.0 Å². The molecule has 1 aliphatic rings. The number of carboxylic acid groups (broad SMARTS) is 1. The molecule has 2 N–H and O–H groups in total. The molecule has 0 aliphatic carbocycles. The maximum atomic E-state index is 12.4. The minimum absolute atomic E-state index is 0.0214. The van der Waals surface area contributed by atoms with Crippen LogP contribution in [-0.4, -0.2) is 53.5 Å². The number of piperidine rings is 1. The van der Waals surface area contributed by atoms with Crippen LogP contribution in [0.5, 0.6) is 5.75 Å². The number of carbonyl (C=O) groups is 3. The molecule has 142 valence electrons. The summed E-state index contributed by atoms with van der Waals surface area (Å²) in [4.78, 5) is 37.0. The Morgan fingerprint density at radius 1 is 1.31 bits per heavy atom. The van der Waals surface area contributed by atoms with E-state index in [1.807, 2.05) is 18.2 Å². The Morgan fingerprint density at radius 2 is 2.04 bits per heavy atom. The molecular weight excluding hydrogens is 336 g/mol. The van der Waals surface area contributed by atoms with Crippen LogP contribution in [-0.2, 0) is 14.4 Å². The van der Waals surface area contributed by atoms with Gasteiger partial charge < -0.3 is 20.1 Å². The largest absolute Gasteiger partial charge is 0.484 e. The number of hydrogen-bond donors (Lipinski definition) is 2. The molecule has 7 nitrogen and oxygen atoms in total. The smallest absolute Gasteiger partial charge is 0.303 e. The number of nitrogens with zero attached hydrogens (tertiary/aromatic N) is 1. The molecule has 0 bridgehead atoms. The van der Waals surface area contributed by atoms with Gasteiger partial charge in [0.2, 0.25) is 5.91 Å². The second-order valence-corrected chi connectivity index (χ2v) is 6.62. The lowest BCUT2D eigenvalue weighted by atomic mass is 9.96. The van der Waals surface area contributed by atoms with Gasteiger partial charge in [-0.15, -0.1) is 0 Å². The van der Waals surface area contributed by atoms with Crippen molar-refractivity contribution < 1.29 is 24.2 Å². The molecule has 2 unspecified atom stereocenters. The topological polar surface area (TPSA) is 95.9 Å². The Hall–Kier alpha value is -2.57. The average Bonchev–Trinajstić information content (AvgIpc) is 2.65. The molecular formula is C19H26N2O5. The van der Waals surface area contributed by atoms with E-state index >= 15 is 0 Å². The zero-order chi connectivity index (χ0) is 18.9. The fourth-order valence-corrected chi connectivity index (χ4v) is 2.94. The van der Waals surface area contributed by atoms with Crippen molar-refractivity contribution in [2.45, 2.75) is 38.6 Å². The summed E-state index contributed by atoms with van der Waals surface area (Å²) in [5.74, 6) is -0.760. The van der Waals surface area contributed by atoms with Gasteiger partial charge in [-0.05, 0) is 38.3 Å². The lowest BCUT2D eigenvalue weighted by Gasteiger charge is -2.32. The predicted molar refractivity (Wildman–Crippen MR) is 95.7 cm³/mol. The van der Waals surface area contributed by atoms with Crippen molar-refractivity contribution in [1.29, 1.82) is 0 Å². The van der Waals surface area contributed by atoms with Crippen molar-refractivity contribution in [2.75, 3.05) is 19.7 Å². The predicted octanol–water partition coefficient (Wildman–Crippen LogP) is 1.67. The van der Waals surface area contributed by atoms with Crippen molar-refractivity contribution in [2.24, 2.45) is 5.92 Å². The molecule has 2 atom stereocenters. The molecule has 1 fully saturated rings. The summed E-state index contributed by atoms with van der Waals surface area (Å²) in [6.07, 6.45) is 1.90. The monoisotopic (exact) mass is 362 g/mol. The highest BCUT2D eigenvalue weighted by Gasteiger charge is 2.29. The first-order chi connectivity index (χ1) is 12.5. The zero-order valence-corrected chi connectivity index (χ0v) is 15.0. The summed E-state index contributed by atoms with van der Waals surface area (Å²) in [5, 5.41) is 11.6. The van der Waals surface area contributed by atoms with Crippen molar-refractivity contribution in [3.05, 3.63) is 30.3 Å². The lowest BCUT2D eigenvalue weighted by molar-refractivity contribution is -0.139. The van der Waals surface area contributed by atoms with Crippen molar-refractivity contribution in [3.63, 3.8) is 0 Å². The maximum absolute atomic E-state index is 12.4. The van der Waals surface area contributed by atoms with E-state index in [0.29, 0.717) is 25.3 Å². The normalized spacial score (nSPS) is 18.0. The SMILES string of the molecule is CC(CCC(=O)O)NC(=O)C1CCCN(C(=O)COc2ccccc2)C1. The minimum atomic E-state index is -0.876. The number of carbonyl (C=O) groups excluding carboxylic acids is 2. The number of benzene rings is 1. The van der Waals surface area contributed by atoms with E-state index in [0.717, 1.165) is 12.8 Å². The van der Waals surface area contributed by atoms with Gasteiger partial charge in [-0.2, -0.15) is 0 Å². The van der Waals surface area contributed by atoms with Gasteiger partial charge in [-0.25, -0.2) is 0 Å². The van der Waals surface area contributed by atoms with Gasteiger partial charge >= 0.3 is 5.97 Å². The van der Waals surface area contributed by atoms with E-state index in [1.165, 1.54) is 0 Å². The third kappa shape index (κ3) is 6.38. The number of rotatable bonds is 8. The number of nitrogens with one attached hydrogen (secondary N) is 1. The number of likely N-dealkylation sites (tertiary alicyclic amines) is 1. The number of aliphatic carboxylic acids is 1. The quantitative estimate of drug-likeness (QED) is 0.733. The van der Waals surface area contributed by atoms with Crippen LogP contribution >= 0.6 is 0 Å². The van der Waals surface area contributed by atoms with Crippen molar-refractivity contribution >= 4 is 17.8 Å². The van der Waals surface area contributed by atoms with Crippen LogP contribution in [0, 0.1) is 5.92 Å². The Balaban J connectivity index is 1.79. The summed E-state index contributed by atoms with van der Waals surface area (Å²) in [5.41, 5.74) is 0. The van der Waals surface area contributed by atoms with Crippen LogP contribution in [0.1, 0.15) is 32.6 Å². The molecule has 1 heterocycles. The lowest BCUT2D eigenvalue weighted by Crippen LogP contribution is -2.48. The average molecular weight is 362 g/mol. The summed E-state index contributed by atoms with van der Waals surface area (Å²) in [6, 6.07) is 8.93. The first-order valence-electron chi connectivity index (χ1n) is 8.93.